The first kappa shape index (κ1) is 12.9. The van der Waals surface area contributed by atoms with Gasteiger partial charge in [0.2, 0.25) is 0 Å². The Balaban J connectivity index is 2.11. The number of aromatic hydroxyl groups is 1. The number of rotatable bonds is 2. The number of hydrogen-bond donors (Lipinski definition) is 3. The van der Waals surface area contributed by atoms with Crippen molar-refractivity contribution < 1.29 is 9.90 Å². The van der Waals surface area contributed by atoms with E-state index >= 15 is 0 Å². The summed E-state index contributed by atoms with van der Waals surface area (Å²) in [6, 6.07) is 4.24. The number of phenolic OH excluding ortho intramolecular Hbond substituents is 1. The van der Waals surface area contributed by atoms with Crippen LogP contribution >= 0.6 is 0 Å². The van der Waals surface area contributed by atoms with E-state index in [0.717, 1.165) is 19.3 Å². The molecule has 0 saturated heterocycles. The van der Waals surface area contributed by atoms with Crippen LogP contribution in [0.3, 0.4) is 0 Å². The molecule has 1 aliphatic carbocycles. The van der Waals surface area contributed by atoms with Crippen molar-refractivity contribution in [1.29, 1.82) is 0 Å². The van der Waals surface area contributed by atoms with Gasteiger partial charge in [-0.1, -0.05) is 6.07 Å². The van der Waals surface area contributed by atoms with E-state index in [1.54, 1.807) is 0 Å². The van der Waals surface area contributed by atoms with Gasteiger partial charge in [0, 0.05) is 0 Å². The molecule has 1 aromatic carbocycles. The summed E-state index contributed by atoms with van der Waals surface area (Å²) in [4.78, 5) is 19.2. The Bertz CT molecular complexity index is 570. The van der Waals surface area contributed by atoms with Gasteiger partial charge >= 0.3 is 0 Å². The molecule has 4 N–H and O–H groups in total. The van der Waals surface area contributed by atoms with Crippen LogP contribution in [0, 0.1) is 6.57 Å². The summed E-state index contributed by atoms with van der Waals surface area (Å²) < 4.78 is 0. The molecule has 0 atom stereocenters. The number of nitrogens with one attached hydrogen (secondary N) is 1. The Morgan fingerprint density at radius 1 is 1.53 bits per heavy atom. The Hall–Kier alpha value is -2.55. The molecule has 0 aromatic heterocycles. The van der Waals surface area contributed by atoms with Crippen LogP contribution in [0.1, 0.15) is 29.6 Å². The van der Waals surface area contributed by atoms with Gasteiger partial charge in [-0.15, -0.1) is 0 Å². The lowest BCUT2D eigenvalue weighted by atomic mass is 9.94. The minimum Gasteiger partial charge on any atom is -0.507 e. The molecule has 1 aromatic rings. The summed E-state index contributed by atoms with van der Waals surface area (Å²) in [6.45, 7) is 6.88. The highest BCUT2D eigenvalue weighted by Gasteiger charge is 2.18. The molecule has 6 nitrogen and oxygen atoms in total. The molecule has 1 aliphatic rings. The summed E-state index contributed by atoms with van der Waals surface area (Å²) in [5.74, 6) is -0.716. The van der Waals surface area contributed by atoms with E-state index in [4.69, 9.17) is 12.3 Å². The van der Waals surface area contributed by atoms with Crippen molar-refractivity contribution >= 4 is 17.6 Å². The molecule has 98 valence electrons. The monoisotopic (exact) mass is 258 g/mol. The summed E-state index contributed by atoms with van der Waals surface area (Å²) >= 11 is 0. The molecule has 0 radical (unpaired) electrons. The molecule has 0 bridgehead atoms. The lowest BCUT2D eigenvalue weighted by Gasteiger charge is -2.21. The van der Waals surface area contributed by atoms with Crippen molar-refractivity contribution in [3.63, 3.8) is 0 Å². The van der Waals surface area contributed by atoms with E-state index in [-0.39, 0.29) is 29.0 Å². The number of phenols is 1. The molecule has 2 rings (SSSR count). The van der Waals surface area contributed by atoms with Gasteiger partial charge in [0.15, 0.2) is 11.6 Å². The number of amides is 1. The van der Waals surface area contributed by atoms with E-state index in [2.05, 4.69) is 15.2 Å². The second kappa shape index (κ2) is 5.40. The zero-order valence-corrected chi connectivity index (χ0v) is 10.3. The van der Waals surface area contributed by atoms with Gasteiger partial charge < -0.3 is 10.8 Å². The fourth-order valence-electron chi connectivity index (χ4n) is 1.70. The third kappa shape index (κ3) is 3.01. The van der Waals surface area contributed by atoms with E-state index in [0.29, 0.717) is 0 Å². The minimum absolute atomic E-state index is 0.0141. The number of benzene rings is 1. The van der Waals surface area contributed by atoms with Crippen LogP contribution in [0.15, 0.2) is 23.2 Å². The zero-order valence-electron chi connectivity index (χ0n) is 10.3. The van der Waals surface area contributed by atoms with Crippen LogP contribution in [0.25, 0.3) is 4.85 Å². The Morgan fingerprint density at radius 2 is 2.26 bits per heavy atom. The van der Waals surface area contributed by atoms with Gasteiger partial charge in [-0.2, -0.15) is 0 Å². The van der Waals surface area contributed by atoms with E-state index in [1.165, 1.54) is 18.2 Å². The molecule has 1 amide bonds. The van der Waals surface area contributed by atoms with Crippen molar-refractivity contribution in [2.45, 2.75) is 25.3 Å². The highest BCUT2D eigenvalue weighted by Crippen LogP contribution is 2.23. The first-order chi connectivity index (χ1) is 9.10. The Labute approximate surface area is 110 Å². The van der Waals surface area contributed by atoms with Crippen molar-refractivity contribution in [3.8, 4) is 5.75 Å². The highest BCUT2D eigenvalue weighted by atomic mass is 16.3. The van der Waals surface area contributed by atoms with Crippen molar-refractivity contribution in [1.82, 2.24) is 5.32 Å². The first-order valence-corrected chi connectivity index (χ1v) is 5.95. The first-order valence-electron chi connectivity index (χ1n) is 5.95. The predicted octanol–water partition coefficient (Wildman–Crippen LogP) is 1.54. The third-order valence-corrected chi connectivity index (χ3v) is 2.99. The summed E-state index contributed by atoms with van der Waals surface area (Å²) in [5, 5.41) is 12.0. The molecule has 19 heavy (non-hydrogen) atoms. The number of carbonyl (C=O) groups excluding carboxylic acids is 1. The normalized spacial score (nSPS) is 15.4. The smallest absolute Gasteiger partial charge is 0.260 e. The fraction of sp³-hybridized carbons (Fsp3) is 0.308. The average Bonchev–Trinajstić information content (AvgIpc) is 2.34. The fourth-order valence-corrected chi connectivity index (χ4v) is 1.70. The van der Waals surface area contributed by atoms with Crippen molar-refractivity contribution in [2.24, 2.45) is 10.7 Å². The minimum atomic E-state index is -0.566. The predicted molar refractivity (Wildman–Crippen MR) is 71.1 cm³/mol. The standard InChI is InChI=1S/C13H14N4O2/c1-15-9-5-6-11(18)10(7-9)12(19)17-13(14)16-8-3-2-4-8/h5-8,18H,2-4H2,(H3,14,16,17,19). The van der Waals surface area contributed by atoms with Gasteiger partial charge in [-0.3, -0.25) is 10.1 Å². The highest BCUT2D eigenvalue weighted by molar-refractivity contribution is 6.07. The van der Waals surface area contributed by atoms with Gasteiger partial charge in [-0.05, 0) is 31.4 Å². The van der Waals surface area contributed by atoms with Crippen LogP contribution in [0.2, 0.25) is 0 Å². The summed E-state index contributed by atoms with van der Waals surface area (Å²) in [5.41, 5.74) is 5.91. The maximum atomic E-state index is 11.9. The molecule has 1 fully saturated rings. The molecular weight excluding hydrogens is 244 g/mol. The van der Waals surface area contributed by atoms with Crippen LogP contribution in [0.5, 0.6) is 5.75 Å². The average molecular weight is 258 g/mol. The van der Waals surface area contributed by atoms with E-state index in [1.807, 2.05) is 0 Å². The quantitative estimate of drug-likeness (QED) is 0.427. The third-order valence-electron chi connectivity index (χ3n) is 2.99. The lowest BCUT2D eigenvalue weighted by molar-refractivity contribution is 0.0974. The van der Waals surface area contributed by atoms with Crippen LogP contribution in [-0.2, 0) is 0 Å². The number of guanidine groups is 1. The van der Waals surface area contributed by atoms with Crippen LogP contribution in [0.4, 0.5) is 5.69 Å². The maximum absolute atomic E-state index is 11.9. The van der Waals surface area contributed by atoms with Crippen molar-refractivity contribution in [3.05, 3.63) is 35.2 Å². The molecule has 6 heteroatoms. The zero-order chi connectivity index (χ0) is 13.8. The van der Waals surface area contributed by atoms with Crippen molar-refractivity contribution in [2.75, 3.05) is 0 Å². The van der Waals surface area contributed by atoms with Gasteiger partial charge in [0.05, 0.1) is 18.2 Å². The Kier molecular flexibility index (Phi) is 3.66. The van der Waals surface area contributed by atoms with E-state index in [9.17, 15) is 9.90 Å². The molecule has 0 aliphatic heterocycles. The SMILES string of the molecule is [C-]#[N+]c1ccc(O)c(C(=O)NC(N)=NC2CCC2)c1. The van der Waals surface area contributed by atoms with Gasteiger partial charge in [-0.25, -0.2) is 9.84 Å². The second-order valence-corrected chi connectivity index (χ2v) is 4.37. The molecule has 1 saturated carbocycles. The molecular formula is C13H14N4O2. The Morgan fingerprint density at radius 3 is 2.84 bits per heavy atom. The largest absolute Gasteiger partial charge is 0.507 e. The summed E-state index contributed by atoms with van der Waals surface area (Å²) in [7, 11) is 0. The number of carbonyl (C=O) groups is 1. The van der Waals surface area contributed by atoms with Gasteiger partial charge in [0.25, 0.3) is 5.91 Å². The summed E-state index contributed by atoms with van der Waals surface area (Å²) in [6.07, 6.45) is 3.09. The van der Waals surface area contributed by atoms with Crippen LogP contribution in [-0.4, -0.2) is 23.0 Å². The number of hydrogen-bond acceptors (Lipinski definition) is 3. The van der Waals surface area contributed by atoms with Gasteiger partial charge in [0.1, 0.15) is 5.75 Å². The second-order valence-electron chi connectivity index (χ2n) is 4.37. The molecule has 0 spiro atoms. The number of nitrogens with zero attached hydrogens (tertiary/aromatic N) is 2. The number of nitrogens with two attached hydrogens (primary N) is 1. The maximum Gasteiger partial charge on any atom is 0.260 e. The number of aliphatic imine (C=N–C) groups is 1. The topological polar surface area (TPSA) is 92.1 Å². The molecule has 0 heterocycles. The van der Waals surface area contributed by atoms with Crippen LogP contribution < -0.4 is 11.1 Å². The molecule has 0 unspecified atom stereocenters. The van der Waals surface area contributed by atoms with E-state index < -0.39 is 5.91 Å². The lowest BCUT2D eigenvalue weighted by Crippen LogP contribution is -2.38.